The van der Waals surface area contributed by atoms with E-state index < -0.39 is 0 Å². The van der Waals surface area contributed by atoms with Crippen LogP contribution in [0.2, 0.25) is 0 Å². The first-order valence-corrected chi connectivity index (χ1v) is 6.28. The third-order valence-electron chi connectivity index (χ3n) is 2.52. The van der Waals surface area contributed by atoms with Crippen molar-refractivity contribution in [3.8, 4) is 0 Å². The Hall–Kier alpha value is -1.69. The first-order valence-electron chi connectivity index (χ1n) is 5.40. The van der Waals surface area contributed by atoms with Gasteiger partial charge in [-0.3, -0.25) is 4.79 Å². The zero-order valence-electron chi connectivity index (χ0n) is 9.80. The van der Waals surface area contributed by atoms with Gasteiger partial charge < -0.3 is 9.88 Å². The molecule has 90 valence electrons. The van der Waals surface area contributed by atoms with Crippen LogP contribution >= 0.6 is 11.3 Å². The lowest BCUT2D eigenvalue weighted by molar-refractivity contribution is 0.718. The van der Waals surface area contributed by atoms with E-state index in [0.717, 1.165) is 10.6 Å². The van der Waals surface area contributed by atoms with Gasteiger partial charge >= 0.3 is 0 Å². The Labute approximate surface area is 103 Å². The molecule has 6 heteroatoms. The van der Waals surface area contributed by atoms with Gasteiger partial charge in [0, 0.05) is 23.8 Å². The van der Waals surface area contributed by atoms with Crippen LogP contribution in [0, 0.1) is 6.92 Å². The molecule has 0 fully saturated rings. The van der Waals surface area contributed by atoms with Gasteiger partial charge in [0.25, 0.3) is 5.56 Å². The highest BCUT2D eigenvalue weighted by molar-refractivity contribution is 7.09. The van der Waals surface area contributed by atoms with Crippen molar-refractivity contribution >= 4 is 17.2 Å². The Morgan fingerprint density at radius 2 is 2.29 bits per heavy atom. The standard InChI is InChI=1S/C11H14N4OS/c1-3-15-5-4-12-10(11(15)16)13-6-9-8(2)14-7-17-9/h4-5,7H,3,6H2,1-2H3,(H,12,13). The summed E-state index contributed by atoms with van der Waals surface area (Å²) < 4.78 is 1.62. The smallest absolute Gasteiger partial charge is 0.293 e. The summed E-state index contributed by atoms with van der Waals surface area (Å²) in [6.07, 6.45) is 3.32. The van der Waals surface area contributed by atoms with E-state index in [-0.39, 0.29) is 5.56 Å². The number of aromatic nitrogens is 3. The van der Waals surface area contributed by atoms with E-state index in [1.165, 1.54) is 0 Å². The average Bonchev–Trinajstić information content (AvgIpc) is 2.74. The van der Waals surface area contributed by atoms with Crippen molar-refractivity contribution < 1.29 is 0 Å². The highest BCUT2D eigenvalue weighted by Crippen LogP contribution is 2.12. The van der Waals surface area contributed by atoms with Crippen molar-refractivity contribution in [3.05, 3.63) is 38.8 Å². The van der Waals surface area contributed by atoms with Crippen LogP contribution in [-0.4, -0.2) is 14.5 Å². The lowest BCUT2D eigenvalue weighted by Crippen LogP contribution is -2.23. The Morgan fingerprint density at radius 3 is 2.94 bits per heavy atom. The minimum Gasteiger partial charge on any atom is -0.361 e. The molecule has 5 nitrogen and oxygen atoms in total. The first-order chi connectivity index (χ1) is 8.22. The molecule has 0 atom stereocenters. The van der Waals surface area contributed by atoms with E-state index in [9.17, 15) is 4.79 Å². The summed E-state index contributed by atoms with van der Waals surface area (Å²) in [6, 6.07) is 0. The number of aryl methyl sites for hydroxylation is 2. The van der Waals surface area contributed by atoms with E-state index in [0.29, 0.717) is 18.9 Å². The van der Waals surface area contributed by atoms with E-state index in [1.54, 1.807) is 33.8 Å². The topological polar surface area (TPSA) is 59.8 Å². The minimum atomic E-state index is -0.0860. The fourth-order valence-corrected chi connectivity index (χ4v) is 2.19. The predicted octanol–water partition coefficient (Wildman–Crippen LogP) is 1.64. The number of rotatable bonds is 4. The fourth-order valence-electron chi connectivity index (χ4n) is 1.48. The van der Waals surface area contributed by atoms with Gasteiger partial charge in [0.1, 0.15) is 0 Å². The monoisotopic (exact) mass is 250 g/mol. The summed E-state index contributed by atoms with van der Waals surface area (Å²) in [5, 5.41) is 3.06. The molecule has 0 aliphatic rings. The Kier molecular flexibility index (Phi) is 3.53. The van der Waals surface area contributed by atoms with E-state index in [2.05, 4.69) is 15.3 Å². The van der Waals surface area contributed by atoms with Crippen LogP contribution in [0.4, 0.5) is 5.82 Å². The van der Waals surface area contributed by atoms with E-state index in [1.807, 2.05) is 13.8 Å². The van der Waals surface area contributed by atoms with E-state index in [4.69, 9.17) is 0 Å². The summed E-state index contributed by atoms with van der Waals surface area (Å²) in [4.78, 5) is 21.2. The van der Waals surface area contributed by atoms with Gasteiger partial charge in [-0.1, -0.05) is 0 Å². The quantitative estimate of drug-likeness (QED) is 0.896. The number of anilines is 1. The van der Waals surface area contributed by atoms with Crippen molar-refractivity contribution in [2.24, 2.45) is 0 Å². The third-order valence-corrected chi connectivity index (χ3v) is 3.45. The van der Waals surface area contributed by atoms with E-state index >= 15 is 0 Å². The molecule has 1 N–H and O–H groups in total. The molecule has 0 bridgehead atoms. The first kappa shape index (κ1) is 11.8. The van der Waals surface area contributed by atoms with Crippen molar-refractivity contribution in [1.82, 2.24) is 14.5 Å². The third kappa shape index (κ3) is 2.52. The maximum absolute atomic E-state index is 11.9. The number of thiazole rings is 1. The number of nitrogens with zero attached hydrogens (tertiary/aromatic N) is 3. The van der Waals surface area contributed by atoms with Crippen LogP contribution in [0.3, 0.4) is 0 Å². The highest BCUT2D eigenvalue weighted by atomic mass is 32.1. The molecule has 0 saturated carbocycles. The maximum atomic E-state index is 11.9. The van der Waals surface area contributed by atoms with Crippen molar-refractivity contribution in [2.75, 3.05) is 5.32 Å². The van der Waals surface area contributed by atoms with Crippen molar-refractivity contribution in [2.45, 2.75) is 26.9 Å². The van der Waals surface area contributed by atoms with Gasteiger partial charge in [-0.05, 0) is 13.8 Å². The van der Waals surface area contributed by atoms with Crippen LogP contribution in [0.15, 0.2) is 22.7 Å². The molecule has 0 aliphatic carbocycles. The molecular formula is C11H14N4OS. The Bertz CT molecular complexity index is 561. The SMILES string of the molecule is CCn1ccnc(NCc2scnc2C)c1=O. The fraction of sp³-hybridized carbons (Fsp3) is 0.364. The molecule has 0 saturated heterocycles. The molecule has 2 heterocycles. The highest BCUT2D eigenvalue weighted by Gasteiger charge is 2.05. The summed E-state index contributed by atoms with van der Waals surface area (Å²) in [6.45, 7) is 5.12. The lowest BCUT2D eigenvalue weighted by Gasteiger charge is -2.06. The maximum Gasteiger partial charge on any atom is 0.293 e. The number of hydrogen-bond donors (Lipinski definition) is 1. The second-order valence-corrected chi connectivity index (χ2v) is 4.52. The van der Waals surface area contributed by atoms with Gasteiger partial charge in [-0.15, -0.1) is 11.3 Å². The summed E-state index contributed by atoms with van der Waals surface area (Å²) >= 11 is 1.57. The van der Waals surface area contributed by atoms with Gasteiger partial charge in [-0.25, -0.2) is 9.97 Å². The number of hydrogen-bond acceptors (Lipinski definition) is 5. The lowest BCUT2D eigenvalue weighted by atomic mass is 10.4. The van der Waals surface area contributed by atoms with Crippen LogP contribution in [0.1, 0.15) is 17.5 Å². The number of nitrogens with one attached hydrogen (secondary N) is 1. The molecule has 2 aromatic heterocycles. The van der Waals surface area contributed by atoms with Crippen LogP contribution in [-0.2, 0) is 13.1 Å². The van der Waals surface area contributed by atoms with Gasteiger partial charge in [0.05, 0.1) is 17.7 Å². The normalized spacial score (nSPS) is 10.5. The second kappa shape index (κ2) is 5.09. The zero-order valence-corrected chi connectivity index (χ0v) is 10.6. The Morgan fingerprint density at radius 1 is 1.47 bits per heavy atom. The zero-order chi connectivity index (χ0) is 12.3. The van der Waals surface area contributed by atoms with Crippen LogP contribution in [0.5, 0.6) is 0 Å². The summed E-state index contributed by atoms with van der Waals surface area (Å²) in [5.41, 5.74) is 2.71. The second-order valence-electron chi connectivity index (χ2n) is 3.58. The van der Waals surface area contributed by atoms with Gasteiger partial charge in [0.15, 0.2) is 5.82 Å². The van der Waals surface area contributed by atoms with Gasteiger partial charge in [-0.2, -0.15) is 0 Å². The average molecular weight is 250 g/mol. The molecule has 0 aliphatic heterocycles. The molecule has 0 amide bonds. The molecular weight excluding hydrogens is 236 g/mol. The van der Waals surface area contributed by atoms with Crippen molar-refractivity contribution in [1.29, 1.82) is 0 Å². The molecule has 0 radical (unpaired) electrons. The molecule has 0 unspecified atom stereocenters. The molecule has 2 rings (SSSR count). The summed E-state index contributed by atoms with van der Waals surface area (Å²) in [7, 11) is 0. The Balaban J connectivity index is 2.15. The van der Waals surface area contributed by atoms with Gasteiger partial charge in [0.2, 0.25) is 0 Å². The molecule has 17 heavy (non-hydrogen) atoms. The molecule has 2 aromatic rings. The van der Waals surface area contributed by atoms with Crippen LogP contribution < -0.4 is 10.9 Å². The summed E-state index contributed by atoms with van der Waals surface area (Å²) in [5.74, 6) is 0.391. The predicted molar refractivity (Wildman–Crippen MR) is 68.3 cm³/mol. The van der Waals surface area contributed by atoms with Crippen LogP contribution in [0.25, 0.3) is 0 Å². The molecule has 0 spiro atoms. The molecule has 0 aromatic carbocycles. The largest absolute Gasteiger partial charge is 0.361 e. The minimum absolute atomic E-state index is 0.0860. The van der Waals surface area contributed by atoms with Crippen molar-refractivity contribution in [3.63, 3.8) is 0 Å².